The summed E-state index contributed by atoms with van der Waals surface area (Å²) in [6, 6.07) is 11.5. The molecule has 0 aliphatic heterocycles. The number of amides is 3. The molecule has 0 heterocycles. The van der Waals surface area contributed by atoms with Gasteiger partial charge < -0.3 is 32.5 Å². The number of hydrogen-bond donors (Lipinski definition) is 6. The van der Waals surface area contributed by atoms with Crippen LogP contribution in [0.3, 0.4) is 0 Å². The van der Waals surface area contributed by atoms with E-state index < -0.39 is 23.6 Å². The lowest BCUT2D eigenvalue weighted by molar-refractivity contribution is -0.139. The van der Waals surface area contributed by atoms with Gasteiger partial charge in [0.1, 0.15) is 6.04 Å². The van der Waals surface area contributed by atoms with E-state index >= 15 is 0 Å². The normalized spacial score (nSPS) is 11.7. The fraction of sp³-hybridized carbons (Fsp3) is 0.273. The molecule has 0 saturated heterocycles. The number of aliphatic imine (C=N–C) groups is 1. The van der Waals surface area contributed by atoms with Gasteiger partial charge in [-0.05, 0) is 56.7 Å². The van der Waals surface area contributed by atoms with Crippen LogP contribution in [0.1, 0.15) is 36.7 Å². The molecule has 0 radical (unpaired) electrons. The molecule has 1 atom stereocenters. The molecule has 2 rings (SSSR count). The average molecular weight is 441 g/mol. The summed E-state index contributed by atoms with van der Waals surface area (Å²) in [5, 5.41) is 17.3. The maximum absolute atomic E-state index is 12.5. The van der Waals surface area contributed by atoms with Gasteiger partial charge >= 0.3 is 12.0 Å². The number of nitrogens with one attached hydrogen (secondary N) is 3. The first-order valence-electron chi connectivity index (χ1n) is 9.84. The third-order valence-electron chi connectivity index (χ3n) is 4.11. The topological polar surface area (TPSA) is 172 Å². The van der Waals surface area contributed by atoms with Crippen molar-refractivity contribution in [3.8, 4) is 0 Å². The van der Waals surface area contributed by atoms with Gasteiger partial charge in [-0.1, -0.05) is 18.2 Å². The highest BCUT2D eigenvalue weighted by atomic mass is 16.4. The number of carboxylic acids is 1. The molecule has 0 saturated carbocycles. The van der Waals surface area contributed by atoms with Gasteiger partial charge in [0.25, 0.3) is 5.91 Å². The zero-order chi connectivity index (χ0) is 23.9. The summed E-state index contributed by atoms with van der Waals surface area (Å²) in [7, 11) is 0. The van der Waals surface area contributed by atoms with Crippen molar-refractivity contribution in [3.05, 3.63) is 59.7 Å². The van der Waals surface area contributed by atoms with Gasteiger partial charge in [0.05, 0.1) is 5.69 Å². The minimum Gasteiger partial charge on any atom is -0.480 e. The van der Waals surface area contributed by atoms with Gasteiger partial charge in [0, 0.05) is 23.2 Å². The Hall–Kier alpha value is -4.08. The molecule has 10 heteroatoms. The number of nitrogens with two attached hydrogens (primary N) is 2. The number of urea groups is 1. The number of carbonyl (C=O) groups is 3. The fourth-order valence-corrected chi connectivity index (χ4v) is 2.76. The van der Waals surface area contributed by atoms with Crippen LogP contribution in [0.2, 0.25) is 0 Å². The Balaban J connectivity index is 2.02. The summed E-state index contributed by atoms with van der Waals surface area (Å²) in [6.45, 7) is 5.39. The van der Waals surface area contributed by atoms with Gasteiger partial charge in [0.2, 0.25) is 0 Å². The SMILES string of the molecule is CC(C)(C)NC(=O)NC(Cc1ccc(NC(=O)c2cccc(N=C(N)N)c2)cc1)C(=O)O. The first kappa shape index (κ1) is 24.2. The maximum atomic E-state index is 12.5. The van der Waals surface area contributed by atoms with Crippen molar-refractivity contribution in [1.82, 2.24) is 10.6 Å². The largest absolute Gasteiger partial charge is 0.480 e. The molecule has 0 aliphatic rings. The lowest BCUT2D eigenvalue weighted by Crippen LogP contribution is -2.52. The highest BCUT2D eigenvalue weighted by Crippen LogP contribution is 2.17. The highest BCUT2D eigenvalue weighted by molar-refractivity contribution is 6.04. The van der Waals surface area contributed by atoms with E-state index in [0.29, 0.717) is 22.5 Å². The van der Waals surface area contributed by atoms with E-state index in [1.54, 1.807) is 69.3 Å². The van der Waals surface area contributed by atoms with E-state index in [2.05, 4.69) is 20.9 Å². The van der Waals surface area contributed by atoms with Crippen LogP contribution in [0.5, 0.6) is 0 Å². The first-order chi connectivity index (χ1) is 14.9. The van der Waals surface area contributed by atoms with Crippen LogP contribution >= 0.6 is 0 Å². The van der Waals surface area contributed by atoms with Gasteiger partial charge in [-0.3, -0.25) is 4.79 Å². The van der Waals surface area contributed by atoms with E-state index in [1.807, 2.05) is 0 Å². The predicted molar refractivity (Wildman–Crippen MR) is 123 cm³/mol. The number of carbonyl (C=O) groups excluding carboxylic acids is 2. The lowest BCUT2D eigenvalue weighted by atomic mass is 10.1. The Kier molecular flexibility index (Phi) is 7.78. The molecule has 1 unspecified atom stereocenters. The molecule has 0 fully saturated rings. The quantitative estimate of drug-likeness (QED) is 0.283. The number of nitrogens with zero attached hydrogens (tertiary/aromatic N) is 1. The summed E-state index contributed by atoms with van der Waals surface area (Å²) in [4.78, 5) is 39.9. The van der Waals surface area contributed by atoms with Crippen LogP contribution in [0.15, 0.2) is 53.5 Å². The predicted octanol–water partition coefficient (Wildman–Crippen LogP) is 1.94. The number of aliphatic carboxylic acids is 1. The van der Waals surface area contributed by atoms with E-state index in [9.17, 15) is 19.5 Å². The number of benzene rings is 2. The molecule has 0 spiro atoms. The molecular weight excluding hydrogens is 412 g/mol. The number of carboxylic acid groups (broad SMARTS) is 1. The molecule has 0 bridgehead atoms. The van der Waals surface area contributed by atoms with Gasteiger partial charge in [-0.2, -0.15) is 0 Å². The third kappa shape index (κ3) is 7.98. The zero-order valence-electron chi connectivity index (χ0n) is 18.2. The van der Waals surface area contributed by atoms with Crippen molar-refractivity contribution in [2.45, 2.75) is 38.8 Å². The zero-order valence-corrected chi connectivity index (χ0v) is 18.2. The van der Waals surface area contributed by atoms with Crippen molar-refractivity contribution >= 4 is 35.2 Å². The second-order valence-corrected chi connectivity index (χ2v) is 8.18. The van der Waals surface area contributed by atoms with Crippen LogP contribution in [0.4, 0.5) is 16.2 Å². The molecule has 2 aromatic rings. The third-order valence-corrected chi connectivity index (χ3v) is 4.11. The van der Waals surface area contributed by atoms with E-state index in [-0.39, 0.29) is 18.3 Å². The second-order valence-electron chi connectivity index (χ2n) is 8.18. The Morgan fingerprint density at radius 3 is 2.28 bits per heavy atom. The van der Waals surface area contributed by atoms with Crippen LogP contribution in [-0.4, -0.2) is 40.6 Å². The number of guanidine groups is 1. The van der Waals surface area contributed by atoms with Crippen LogP contribution in [-0.2, 0) is 11.2 Å². The summed E-state index contributed by atoms with van der Waals surface area (Å²) in [6.07, 6.45) is 0.0850. The molecule has 0 aromatic heterocycles. The van der Waals surface area contributed by atoms with Crippen LogP contribution in [0, 0.1) is 0 Å². The van der Waals surface area contributed by atoms with Gasteiger partial charge in [-0.15, -0.1) is 0 Å². The Morgan fingerprint density at radius 1 is 1.06 bits per heavy atom. The smallest absolute Gasteiger partial charge is 0.326 e. The molecule has 0 aliphatic carbocycles. The molecule has 170 valence electrons. The van der Waals surface area contributed by atoms with E-state index in [4.69, 9.17) is 11.5 Å². The Labute approximate surface area is 186 Å². The Bertz CT molecular complexity index is 1010. The van der Waals surface area contributed by atoms with Crippen LogP contribution < -0.4 is 27.4 Å². The molecule has 10 nitrogen and oxygen atoms in total. The van der Waals surface area contributed by atoms with E-state index in [0.717, 1.165) is 0 Å². The number of rotatable bonds is 7. The summed E-state index contributed by atoms with van der Waals surface area (Å²) in [5.74, 6) is -1.61. The van der Waals surface area contributed by atoms with Gasteiger partial charge in [-0.25, -0.2) is 14.6 Å². The highest BCUT2D eigenvalue weighted by Gasteiger charge is 2.22. The van der Waals surface area contributed by atoms with E-state index in [1.165, 1.54) is 0 Å². The molecule has 32 heavy (non-hydrogen) atoms. The summed E-state index contributed by atoms with van der Waals surface area (Å²) < 4.78 is 0. The standard InChI is InChI=1S/C22H28N6O4/c1-22(2,3)28-21(32)27-17(19(30)31)11-13-7-9-15(10-8-13)25-18(29)14-5-4-6-16(12-14)26-20(23)24/h4-10,12,17H,11H2,1-3H3,(H,25,29)(H,30,31)(H4,23,24,26)(H2,27,28,32). The van der Waals surface area contributed by atoms with Crippen LogP contribution in [0.25, 0.3) is 0 Å². The molecule has 3 amide bonds. The average Bonchev–Trinajstić information content (AvgIpc) is 2.67. The lowest BCUT2D eigenvalue weighted by Gasteiger charge is -2.23. The van der Waals surface area contributed by atoms with Crippen molar-refractivity contribution in [3.63, 3.8) is 0 Å². The maximum Gasteiger partial charge on any atom is 0.326 e. The number of anilines is 1. The van der Waals surface area contributed by atoms with Crippen molar-refractivity contribution in [2.75, 3.05) is 5.32 Å². The van der Waals surface area contributed by atoms with Crippen molar-refractivity contribution < 1.29 is 19.5 Å². The number of hydrogen-bond acceptors (Lipinski definition) is 4. The second kappa shape index (κ2) is 10.3. The monoisotopic (exact) mass is 440 g/mol. The summed E-state index contributed by atoms with van der Waals surface area (Å²) in [5.41, 5.74) is 12.3. The minimum atomic E-state index is -1.15. The Morgan fingerprint density at radius 2 is 1.72 bits per heavy atom. The minimum absolute atomic E-state index is 0.0850. The molecule has 2 aromatic carbocycles. The fourth-order valence-electron chi connectivity index (χ4n) is 2.76. The summed E-state index contributed by atoms with van der Waals surface area (Å²) >= 11 is 0. The first-order valence-corrected chi connectivity index (χ1v) is 9.84. The molecular formula is C22H28N6O4. The van der Waals surface area contributed by atoms with Crippen molar-refractivity contribution in [1.29, 1.82) is 0 Å². The molecule has 8 N–H and O–H groups in total. The van der Waals surface area contributed by atoms with Crippen molar-refractivity contribution in [2.24, 2.45) is 16.5 Å². The van der Waals surface area contributed by atoms with Gasteiger partial charge in [0.15, 0.2) is 5.96 Å².